The van der Waals surface area contributed by atoms with Gasteiger partial charge < -0.3 is 5.32 Å². The smallest absolute Gasteiger partial charge is 0.124 e. The Morgan fingerprint density at radius 3 is 2.70 bits per heavy atom. The van der Waals surface area contributed by atoms with Crippen LogP contribution in [0.1, 0.15) is 24.2 Å². The second-order valence-electron chi connectivity index (χ2n) is 4.47. The van der Waals surface area contributed by atoms with Crippen LogP contribution in [0.3, 0.4) is 0 Å². The second kappa shape index (κ2) is 6.57. The van der Waals surface area contributed by atoms with Crippen molar-refractivity contribution in [2.24, 2.45) is 0 Å². The molecule has 108 valence electrons. The van der Waals surface area contributed by atoms with Crippen molar-refractivity contribution in [3.05, 3.63) is 51.5 Å². The molecule has 3 nitrogen and oxygen atoms in total. The molecule has 1 aromatic carbocycles. The molecule has 0 saturated heterocycles. The molecule has 1 unspecified atom stereocenters. The number of likely N-dealkylation sites (N-methyl/N-ethyl adjacent to an activating group) is 1. The predicted octanol–water partition coefficient (Wildman–Crippen LogP) is 3.85. The number of nitrogens with zero attached hydrogens (tertiary/aromatic N) is 2. The van der Waals surface area contributed by atoms with Crippen LogP contribution in [0.2, 0.25) is 10.0 Å². The summed E-state index contributed by atoms with van der Waals surface area (Å²) in [6.45, 7) is 2.74. The first-order valence-corrected chi connectivity index (χ1v) is 7.14. The topological polar surface area (TPSA) is 29.9 Å². The SMILES string of the molecule is CCn1ncc(Cl)c1C(Cc1ccc(F)cc1Cl)NC. The average Bonchev–Trinajstić information content (AvgIpc) is 2.79. The van der Waals surface area contributed by atoms with Crippen LogP contribution in [0.25, 0.3) is 0 Å². The van der Waals surface area contributed by atoms with Gasteiger partial charge in [-0.05, 0) is 38.1 Å². The summed E-state index contributed by atoms with van der Waals surface area (Å²) in [5.41, 5.74) is 1.78. The standard InChI is InChI=1S/C14H16Cl2FN3/c1-3-20-14(12(16)8-19-20)13(18-2)6-9-4-5-10(17)7-11(9)15/h4-5,7-8,13,18H,3,6H2,1-2H3. The zero-order valence-corrected chi connectivity index (χ0v) is 12.8. The first-order chi connectivity index (χ1) is 9.56. The van der Waals surface area contributed by atoms with E-state index in [0.717, 1.165) is 17.8 Å². The van der Waals surface area contributed by atoms with Gasteiger partial charge in [0.2, 0.25) is 0 Å². The van der Waals surface area contributed by atoms with E-state index in [2.05, 4.69) is 10.4 Å². The van der Waals surface area contributed by atoms with Crippen LogP contribution in [-0.4, -0.2) is 16.8 Å². The molecule has 0 amide bonds. The first-order valence-electron chi connectivity index (χ1n) is 6.39. The van der Waals surface area contributed by atoms with Crippen molar-refractivity contribution in [1.82, 2.24) is 15.1 Å². The maximum absolute atomic E-state index is 13.1. The molecule has 6 heteroatoms. The Hall–Kier alpha value is -1.10. The Balaban J connectivity index is 2.31. The number of aryl methyl sites for hydroxylation is 1. The molecule has 0 spiro atoms. The average molecular weight is 316 g/mol. The van der Waals surface area contributed by atoms with Crippen LogP contribution in [-0.2, 0) is 13.0 Å². The van der Waals surface area contributed by atoms with Gasteiger partial charge in [0.15, 0.2) is 0 Å². The van der Waals surface area contributed by atoms with Crippen LogP contribution in [0.4, 0.5) is 4.39 Å². The van der Waals surface area contributed by atoms with E-state index in [1.54, 1.807) is 12.3 Å². The van der Waals surface area contributed by atoms with Gasteiger partial charge in [-0.1, -0.05) is 29.3 Å². The van der Waals surface area contributed by atoms with Gasteiger partial charge in [-0.25, -0.2) is 4.39 Å². The molecule has 20 heavy (non-hydrogen) atoms. The van der Waals surface area contributed by atoms with Crippen molar-refractivity contribution in [1.29, 1.82) is 0 Å². The van der Waals surface area contributed by atoms with Crippen LogP contribution >= 0.6 is 23.2 Å². The lowest BCUT2D eigenvalue weighted by Crippen LogP contribution is -2.23. The van der Waals surface area contributed by atoms with E-state index < -0.39 is 0 Å². The molecular weight excluding hydrogens is 300 g/mol. The van der Waals surface area contributed by atoms with Gasteiger partial charge >= 0.3 is 0 Å². The Morgan fingerprint density at radius 2 is 2.10 bits per heavy atom. The quantitative estimate of drug-likeness (QED) is 0.908. The van der Waals surface area contributed by atoms with Crippen molar-refractivity contribution in [2.45, 2.75) is 25.9 Å². The van der Waals surface area contributed by atoms with Gasteiger partial charge in [0.1, 0.15) is 5.82 Å². The maximum Gasteiger partial charge on any atom is 0.124 e. The number of halogens is 3. The molecule has 2 aromatic rings. The van der Waals surface area contributed by atoms with E-state index >= 15 is 0 Å². The van der Waals surface area contributed by atoms with Crippen LogP contribution in [0.15, 0.2) is 24.4 Å². The number of rotatable bonds is 5. The fourth-order valence-electron chi connectivity index (χ4n) is 2.21. The highest BCUT2D eigenvalue weighted by atomic mass is 35.5. The number of hydrogen-bond acceptors (Lipinski definition) is 2. The maximum atomic E-state index is 13.1. The molecular formula is C14H16Cl2FN3. The third-order valence-electron chi connectivity index (χ3n) is 3.25. The summed E-state index contributed by atoms with van der Waals surface area (Å²) in [5.74, 6) is -0.337. The van der Waals surface area contributed by atoms with Crippen molar-refractivity contribution >= 4 is 23.2 Å². The molecule has 1 aromatic heterocycles. The van der Waals surface area contributed by atoms with Crippen molar-refractivity contribution in [3.63, 3.8) is 0 Å². The monoisotopic (exact) mass is 315 g/mol. The van der Waals surface area contributed by atoms with E-state index in [1.165, 1.54) is 12.1 Å². The fraction of sp³-hybridized carbons (Fsp3) is 0.357. The Labute approximate surface area is 127 Å². The van der Waals surface area contributed by atoms with E-state index in [0.29, 0.717) is 16.5 Å². The zero-order valence-electron chi connectivity index (χ0n) is 11.3. The number of nitrogens with one attached hydrogen (secondary N) is 1. The lowest BCUT2D eigenvalue weighted by Gasteiger charge is -2.19. The molecule has 0 radical (unpaired) electrons. The summed E-state index contributed by atoms with van der Waals surface area (Å²) in [6, 6.07) is 4.39. The van der Waals surface area contributed by atoms with Crippen molar-refractivity contribution in [3.8, 4) is 0 Å². The minimum Gasteiger partial charge on any atom is -0.311 e. The van der Waals surface area contributed by atoms with Gasteiger partial charge in [0, 0.05) is 11.6 Å². The minimum absolute atomic E-state index is 0.0343. The van der Waals surface area contributed by atoms with Crippen molar-refractivity contribution < 1.29 is 4.39 Å². The first kappa shape index (κ1) is 15.3. The van der Waals surface area contributed by atoms with Gasteiger partial charge in [-0.2, -0.15) is 5.10 Å². The summed E-state index contributed by atoms with van der Waals surface area (Å²) >= 11 is 12.3. The molecule has 0 aliphatic rings. The highest BCUT2D eigenvalue weighted by molar-refractivity contribution is 6.31. The highest BCUT2D eigenvalue weighted by Crippen LogP contribution is 2.28. The Morgan fingerprint density at radius 1 is 1.35 bits per heavy atom. The molecule has 2 rings (SSSR count). The molecule has 0 aliphatic carbocycles. The molecule has 0 aliphatic heterocycles. The van der Waals surface area contributed by atoms with Crippen LogP contribution < -0.4 is 5.32 Å². The number of benzene rings is 1. The Bertz CT molecular complexity index is 598. The fourth-order valence-corrected chi connectivity index (χ4v) is 2.73. The second-order valence-corrected chi connectivity index (χ2v) is 5.29. The molecule has 1 N–H and O–H groups in total. The summed E-state index contributed by atoms with van der Waals surface area (Å²) in [6.07, 6.45) is 2.25. The summed E-state index contributed by atoms with van der Waals surface area (Å²) in [7, 11) is 1.85. The van der Waals surface area contributed by atoms with E-state index in [1.807, 2.05) is 18.7 Å². The van der Waals surface area contributed by atoms with Gasteiger partial charge in [-0.15, -0.1) is 0 Å². The lowest BCUT2D eigenvalue weighted by atomic mass is 10.0. The van der Waals surface area contributed by atoms with Crippen LogP contribution in [0, 0.1) is 5.82 Å². The zero-order chi connectivity index (χ0) is 14.7. The number of aromatic nitrogens is 2. The van der Waals surface area contributed by atoms with E-state index in [-0.39, 0.29) is 11.9 Å². The summed E-state index contributed by atoms with van der Waals surface area (Å²) in [5, 5.41) is 8.48. The predicted molar refractivity (Wildman–Crippen MR) is 79.8 cm³/mol. The minimum atomic E-state index is -0.337. The van der Waals surface area contributed by atoms with Crippen molar-refractivity contribution in [2.75, 3.05) is 7.05 Å². The molecule has 1 atom stereocenters. The van der Waals surface area contributed by atoms with Gasteiger partial charge in [0.05, 0.1) is 23.0 Å². The lowest BCUT2D eigenvalue weighted by molar-refractivity contribution is 0.513. The molecule has 1 heterocycles. The molecule has 0 saturated carbocycles. The largest absolute Gasteiger partial charge is 0.311 e. The van der Waals surface area contributed by atoms with E-state index in [4.69, 9.17) is 23.2 Å². The number of hydrogen-bond donors (Lipinski definition) is 1. The van der Waals surface area contributed by atoms with Crippen LogP contribution in [0.5, 0.6) is 0 Å². The van der Waals surface area contributed by atoms with E-state index in [9.17, 15) is 4.39 Å². The Kier molecular flexibility index (Phi) is 5.02. The third kappa shape index (κ3) is 3.14. The highest BCUT2D eigenvalue weighted by Gasteiger charge is 2.20. The normalized spacial score (nSPS) is 12.7. The van der Waals surface area contributed by atoms with Gasteiger partial charge in [0.25, 0.3) is 0 Å². The third-order valence-corrected chi connectivity index (χ3v) is 3.89. The summed E-state index contributed by atoms with van der Waals surface area (Å²) in [4.78, 5) is 0. The molecule has 0 fully saturated rings. The summed E-state index contributed by atoms with van der Waals surface area (Å²) < 4.78 is 14.9. The van der Waals surface area contributed by atoms with Gasteiger partial charge in [-0.3, -0.25) is 4.68 Å². The molecule has 0 bridgehead atoms.